The van der Waals surface area contributed by atoms with Crippen LogP contribution in [0.3, 0.4) is 0 Å². The van der Waals surface area contributed by atoms with Crippen LogP contribution >= 0.6 is 0 Å². The van der Waals surface area contributed by atoms with Gasteiger partial charge in [-0.05, 0) is 31.2 Å². The number of carbonyl (C=O) groups excluding carboxylic acids is 1. The molecule has 1 aliphatic rings. The number of fused-ring (bicyclic) bond motifs is 1. The lowest BCUT2D eigenvalue weighted by Gasteiger charge is -2.25. The zero-order valence-corrected chi connectivity index (χ0v) is 17.7. The number of benzene rings is 1. The molecule has 0 saturated carbocycles. The maximum Gasteiger partial charge on any atom is 0.274 e. The molecule has 2 aromatic rings. The van der Waals surface area contributed by atoms with Gasteiger partial charge < -0.3 is 15.0 Å². The molecule has 0 spiro atoms. The van der Waals surface area contributed by atoms with Crippen LogP contribution in [0.2, 0.25) is 0 Å². The van der Waals surface area contributed by atoms with Gasteiger partial charge in [-0.15, -0.1) is 0 Å². The Morgan fingerprint density at radius 2 is 2.11 bits per heavy atom. The summed E-state index contributed by atoms with van der Waals surface area (Å²) in [7, 11) is 5.28. The molecule has 0 saturated heterocycles. The summed E-state index contributed by atoms with van der Waals surface area (Å²) in [6, 6.07) is 8.41. The summed E-state index contributed by atoms with van der Waals surface area (Å²) >= 11 is 0. The van der Waals surface area contributed by atoms with Crippen molar-refractivity contribution in [2.75, 3.05) is 21.2 Å². The van der Waals surface area contributed by atoms with E-state index in [1.165, 1.54) is 5.69 Å². The van der Waals surface area contributed by atoms with Gasteiger partial charge in [-0.2, -0.15) is 5.10 Å². The van der Waals surface area contributed by atoms with E-state index in [1.807, 2.05) is 18.2 Å². The number of hydrogen-bond acceptors (Lipinski definition) is 4. The lowest BCUT2D eigenvalue weighted by Crippen LogP contribution is -2.35. The smallest absolute Gasteiger partial charge is 0.274 e. The fraction of sp³-hybridized carbons (Fsp3) is 0.545. The molecule has 1 N–H and O–H groups in total. The molecule has 0 bridgehead atoms. The van der Waals surface area contributed by atoms with Crippen molar-refractivity contribution < 1.29 is 9.53 Å². The van der Waals surface area contributed by atoms with E-state index < -0.39 is 0 Å². The lowest BCUT2D eigenvalue weighted by molar-refractivity contribution is 0.0819. The van der Waals surface area contributed by atoms with E-state index in [1.54, 1.807) is 26.1 Å². The van der Waals surface area contributed by atoms with Crippen molar-refractivity contribution in [3.05, 3.63) is 46.8 Å². The summed E-state index contributed by atoms with van der Waals surface area (Å²) < 4.78 is 7.52. The van der Waals surface area contributed by atoms with Gasteiger partial charge in [0, 0.05) is 50.0 Å². The average molecular weight is 385 g/mol. The fourth-order valence-corrected chi connectivity index (χ4v) is 3.85. The minimum Gasteiger partial charge on any atom is -0.496 e. The Balaban J connectivity index is 1.79. The molecule has 1 amide bonds. The zero-order chi connectivity index (χ0) is 20.3. The Labute approximate surface area is 167 Å². The molecule has 0 radical (unpaired) electrons. The summed E-state index contributed by atoms with van der Waals surface area (Å²) in [5, 5.41) is 8.37. The van der Waals surface area contributed by atoms with Gasteiger partial charge in [0.2, 0.25) is 0 Å². The van der Waals surface area contributed by atoms with Gasteiger partial charge in [0.25, 0.3) is 5.91 Å². The minimum absolute atomic E-state index is 0.0101. The van der Waals surface area contributed by atoms with Crippen LogP contribution in [-0.4, -0.2) is 47.8 Å². The van der Waals surface area contributed by atoms with Crippen LogP contribution in [0.5, 0.6) is 5.75 Å². The molecule has 28 heavy (non-hydrogen) atoms. The molecule has 1 aromatic carbocycles. The zero-order valence-electron chi connectivity index (χ0n) is 17.7. The first-order valence-electron chi connectivity index (χ1n) is 10.1. The highest BCUT2D eigenvalue weighted by atomic mass is 16.5. The van der Waals surface area contributed by atoms with Gasteiger partial charge in [0.1, 0.15) is 5.75 Å². The third kappa shape index (κ3) is 4.38. The molecular weight excluding hydrogens is 352 g/mol. The standard InChI is InChI=1S/C22H32N4O2/c1-15(2)14-26-19-11-10-17(12-18(19)21(24-26)22(27)25(3)4)23-13-16-8-6-7-9-20(16)28-5/h6-9,15,17,23H,10-14H2,1-5H3. The lowest BCUT2D eigenvalue weighted by atomic mass is 9.90. The first-order valence-corrected chi connectivity index (χ1v) is 10.1. The molecule has 6 heteroatoms. The van der Waals surface area contributed by atoms with E-state index >= 15 is 0 Å². The van der Waals surface area contributed by atoms with Gasteiger partial charge in [-0.25, -0.2) is 0 Å². The van der Waals surface area contributed by atoms with Crippen molar-refractivity contribution in [3.63, 3.8) is 0 Å². The predicted molar refractivity (Wildman–Crippen MR) is 111 cm³/mol. The van der Waals surface area contributed by atoms with Crippen molar-refractivity contribution in [2.45, 2.75) is 52.2 Å². The van der Waals surface area contributed by atoms with Crippen LogP contribution in [0.4, 0.5) is 0 Å². The first kappa shape index (κ1) is 20.4. The maximum atomic E-state index is 12.7. The third-order valence-corrected chi connectivity index (χ3v) is 5.27. The molecule has 152 valence electrons. The predicted octanol–water partition coefficient (Wildman–Crippen LogP) is 2.90. The summed E-state index contributed by atoms with van der Waals surface area (Å²) in [5.41, 5.74) is 4.11. The van der Waals surface area contributed by atoms with E-state index in [4.69, 9.17) is 9.84 Å². The second kappa shape index (κ2) is 8.78. The Hall–Kier alpha value is -2.34. The highest BCUT2D eigenvalue weighted by Gasteiger charge is 2.29. The highest BCUT2D eigenvalue weighted by Crippen LogP contribution is 2.27. The van der Waals surface area contributed by atoms with Gasteiger partial charge >= 0.3 is 0 Å². The third-order valence-electron chi connectivity index (χ3n) is 5.27. The van der Waals surface area contributed by atoms with E-state index in [-0.39, 0.29) is 5.91 Å². The SMILES string of the molecule is COc1ccccc1CNC1CCc2c(c(C(=O)N(C)C)nn2CC(C)C)C1. The second-order valence-electron chi connectivity index (χ2n) is 8.18. The quantitative estimate of drug-likeness (QED) is 0.797. The number of para-hydroxylation sites is 1. The molecule has 1 unspecified atom stereocenters. The van der Waals surface area contributed by atoms with Crippen LogP contribution in [0.1, 0.15) is 47.6 Å². The number of aromatic nitrogens is 2. The van der Waals surface area contributed by atoms with E-state index in [0.29, 0.717) is 17.7 Å². The number of hydrogen-bond donors (Lipinski definition) is 1. The summed E-state index contributed by atoms with van der Waals surface area (Å²) in [5.74, 6) is 1.39. The number of ether oxygens (including phenoxy) is 1. The number of methoxy groups -OCH3 is 1. The maximum absolute atomic E-state index is 12.7. The number of nitrogens with zero attached hydrogens (tertiary/aromatic N) is 3. The molecule has 0 aliphatic heterocycles. The molecule has 1 aliphatic carbocycles. The van der Waals surface area contributed by atoms with Crippen molar-refractivity contribution in [2.24, 2.45) is 5.92 Å². The Morgan fingerprint density at radius 3 is 2.79 bits per heavy atom. The number of nitrogens with one attached hydrogen (secondary N) is 1. The fourth-order valence-electron chi connectivity index (χ4n) is 3.85. The Bertz CT molecular complexity index is 826. The summed E-state index contributed by atoms with van der Waals surface area (Å²) in [4.78, 5) is 14.3. The summed E-state index contributed by atoms with van der Waals surface area (Å²) in [6.45, 7) is 5.97. The monoisotopic (exact) mass is 384 g/mol. The molecular formula is C22H32N4O2. The molecule has 1 atom stereocenters. The minimum atomic E-state index is -0.0101. The number of rotatable bonds is 7. The highest BCUT2D eigenvalue weighted by molar-refractivity contribution is 5.93. The van der Waals surface area contributed by atoms with Crippen LogP contribution < -0.4 is 10.1 Å². The van der Waals surface area contributed by atoms with Crippen molar-refractivity contribution in [3.8, 4) is 5.75 Å². The van der Waals surface area contributed by atoms with Crippen LogP contribution in [0.25, 0.3) is 0 Å². The molecule has 3 rings (SSSR count). The van der Waals surface area contributed by atoms with E-state index in [2.05, 4.69) is 29.9 Å². The van der Waals surface area contributed by atoms with Crippen LogP contribution in [0, 0.1) is 5.92 Å². The number of carbonyl (C=O) groups is 1. The number of amides is 1. The van der Waals surface area contributed by atoms with Gasteiger partial charge in [0.15, 0.2) is 5.69 Å². The normalized spacial score (nSPS) is 16.1. The molecule has 1 heterocycles. The Morgan fingerprint density at radius 1 is 1.36 bits per heavy atom. The van der Waals surface area contributed by atoms with Crippen molar-refractivity contribution in [1.82, 2.24) is 20.0 Å². The molecule has 0 fully saturated rings. The molecule has 1 aromatic heterocycles. The van der Waals surface area contributed by atoms with Gasteiger partial charge in [-0.1, -0.05) is 32.0 Å². The average Bonchev–Trinajstić information content (AvgIpc) is 3.02. The summed E-state index contributed by atoms with van der Waals surface area (Å²) in [6.07, 6.45) is 2.82. The van der Waals surface area contributed by atoms with Crippen LogP contribution in [0.15, 0.2) is 24.3 Å². The largest absolute Gasteiger partial charge is 0.496 e. The van der Waals surface area contributed by atoms with E-state index in [9.17, 15) is 4.79 Å². The topological polar surface area (TPSA) is 59.4 Å². The van der Waals surface area contributed by atoms with Gasteiger partial charge in [-0.3, -0.25) is 9.48 Å². The molecule has 6 nitrogen and oxygen atoms in total. The van der Waals surface area contributed by atoms with Crippen molar-refractivity contribution in [1.29, 1.82) is 0 Å². The van der Waals surface area contributed by atoms with Crippen molar-refractivity contribution >= 4 is 5.91 Å². The van der Waals surface area contributed by atoms with Crippen LogP contribution in [-0.2, 0) is 25.9 Å². The van der Waals surface area contributed by atoms with E-state index in [0.717, 1.165) is 49.2 Å². The Kier molecular flexibility index (Phi) is 6.39. The van der Waals surface area contributed by atoms with Gasteiger partial charge in [0.05, 0.1) is 7.11 Å². The second-order valence-corrected chi connectivity index (χ2v) is 8.18. The first-order chi connectivity index (χ1) is 13.4.